The van der Waals surface area contributed by atoms with E-state index in [0.29, 0.717) is 19.3 Å². The Morgan fingerprint density at radius 2 is 0.542 bits per heavy atom. The minimum Gasteiger partial charge on any atom is -0.462 e. The summed E-state index contributed by atoms with van der Waals surface area (Å²) < 4.78 is 16.7. The Kier molecular flexibility index (Phi) is 56.8. The fraction of sp³-hybridized carbons (Fsp3) is 0.712. The third-order valence-corrected chi connectivity index (χ3v) is 12.8. The van der Waals surface area contributed by atoms with Crippen molar-refractivity contribution in [3.05, 3.63) is 97.2 Å². The lowest BCUT2D eigenvalue weighted by Crippen LogP contribution is -2.30. The molecule has 0 bridgehead atoms. The van der Waals surface area contributed by atoms with Crippen molar-refractivity contribution >= 4 is 17.9 Å². The van der Waals surface area contributed by atoms with E-state index < -0.39 is 6.10 Å². The van der Waals surface area contributed by atoms with Crippen LogP contribution in [0.15, 0.2) is 97.2 Å². The topological polar surface area (TPSA) is 78.9 Å². The Labute approximate surface area is 445 Å². The molecule has 6 nitrogen and oxygen atoms in total. The van der Waals surface area contributed by atoms with Crippen molar-refractivity contribution in [1.29, 1.82) is 0 Å². The maximum atomic E-state index is 12.8. The summed E-state index contributed by atoms with van der Waals surface area (Å²) in [5.41, 5.74) is 0. The van der Waals surface area contributed by atoms with Crippen LogP contribution in [0.5, 0.6) is 0 Å². The van der Waals surface area contributed by atoms with Crippen LogP contribution in [0.2, 0.25) is 0 Å². The second kappa shape index (κ2) is 59.9. The summed E-state index contributed by atoms with van der Waals surface area (Å²) >= 11 is 0. The van der Waals surface area contributed by atoms with E-state index in [1.165, 1.54) is 128 Å². The number of allylic oxidation sites excluding steroid dienone is 16. The quantitative estimate of drug-likeness (QED) is 0.0261. The minimum atomic E-state index is -0.778. The number of hydrogen-bond acceptors (Lipinski definition) is 6. The molecule has 6 heteroatoms. The lowest BCUT2D eigenvalue weighted by atomic mass is 10.1. The molecule has 0 aliphatic carbocycles. The van der Waals surface area contributed by atoms with E-state index in [9.17, 15) is 14.4 Å². The molecule has 0 heterocycles. The largest absolute Gasteiger partial charge is 0.462 e. The van der Waals surface area contributed by atoms with Gasteiger partial charge < -0.3 is 14.2 Å². The average molecular weight is 1000 g/mol. The van der Waals surface area contributed by atoms with E-state index in [1.54, 1.807) is 0 Å². The van der Waals surface area contributed by atoms with E-state index in [1.807, 2.05) is 0 Å². The molecule has 0 amide bonds. The smallest absolute Gasteiger partial charge is 0.306 e. The predicted octanol–water partition coefficient (Wildman–Crippen LogP) is 20.5. The van der Waals surface area contributed by atoms with Gasteiger partial charge in [-0.05, 0) is 103 Å². The molecule has 0 radical (unpaired) electrons. The number of carbonyl (C=O) groups is 3. The molecule has 0 saturated carbocycles. The van der Waals surface area contributed by atoms with Crippen LogP contribution in [0.3, 0.4) is 0 Å². The molecule has 0 aromatic rings. The van der Waals surface area contributed by atoms with E-state index in [4.69, 9.17) is 14.2 Å². The van der Waals surface area contributed by atoms with Crippen molar-refractivity contribution < 1.29 is 28.6 Å². The van der Waals surface area contributed by atoms with Crippen molar-refractivity contribution in [1.82, 2.24) is 0 Å². The molecule has 1 unspecified atom stereocenters. The van der Waals surface area contributed by atoms with Crippen molar-refractivity contribution in [2.45, 2.75) is 290 Å². The summed E-state index contributed by atoms with van der Waals surface area (Å²) in [4.78, 5) is 37.8. The lowest BCUT2D eigenvalue weighted by molar-refractivity contribution is -0.167. The first-order valence-corrected chi connectivity index (χ1v) is 30.2. The summed E-state index contributed by atoms with van der Waals surface area (Å²) in [6.07, 6.45) is 80.2. The van der Waals surface area contributed by atoms with E-state index in [2.05, 4.69) is 118 Å². The van der Waals surface area contributed by atoms with E-state index in [-0.39, 0.29) is 31.1 Å². The van der Waals surface area contributed by atoms with Crippen LogP contribution in [0.1, 0.15) is 284 Å². The average Bonchev–Trinajstić information content (AvgIpc) is 3.38. The molecule has 1 atom stereocenters. The second-order valence-electron chi connectivity index (χ2n) is 19.9. The van der Waals surface area contributed by atoms with Crippen molar-refractivity contribution in [3.63, 3.8) is 0 Å². The summed E-state index contributed by atoms with van der Waals surface area (Å²) in [6, 6.07) is 0. The minimum absolute atomic E-state index is 0.0805. The molecule has 412 valence electrons. The molecule has 0 aromatic carbocycles. The first kappa shape index (κ1) is 68.3. The fourth-order valence-electron chi connectivity index (χ4n) is 8.30. The van der Waals surface area contributed by atoms with Gasteiger partial charge in [-0.15, -0.1) is 0 Å². The van der Waals surface area contributed by atoms with Crippen LogP contribution >= 0.6 is 0 Å². The monoisotopic (exact) mass is 1000 g/mol. The molecule has 0 fully saturated rings. The normalized spacial score (nSPS) is 12.8. The third kappa shape index (κ3) is 57.2. The van der Waals surface area contributed by atoms with Crippen LogP contribution in [0, 0.1) is 0 Å². The molecule has 0 rings (SSSR count). The molecule has 0 aliphatic rings. The number of ether oxygens (including phenoxy) is 3. The molecule has 0 N–H and O–H groups in total. The Morgan fingerprint density at radius 1 is 0.292 bits per heavy atom. The fourth-order valence-corrected chi connectivity index (χ4v) is 8.30. The Hall–Kier alpha value is -3.67. The van der Waals surface area contributed by atoms with Crippen molar-refractivity contribution in [3.8, 4) is 0 Å². The molecule has 0 spiro atoms. The van der Waals surface area contributed by atoms with Gasteiger partial charge in [0.05, 0.1) is 0 Å². The first-order valence-electron chi connectivity index (χ1n) is 30.2. The summed E-state index contributed by atoms with van der Waals surface area (Å²) in [5.74, 6) is -0.900. The first-order chi connectivity index (χ1) is 35.5. The van der Waals surface area contributed by atoms with Gasteiger partial charge in [-0.2, -0.15) is 0 Å². The van der Waals surface area contributed by atoms with Gasteiger partial charge in [0.25, 0.3) is 0 Å². The van der Waals surface area contributed by atoms with E-state index >= 15 is 0 Å². The van der Waals surface area contributed by atoms with Crippen molar-refractivity contribution in [2.24, 2.45) is 0 Å². The van der Waals surface area contributed by atoms with Crippen LogP contribution in [-0.2, 0) is 28.6 Å². The van der Waals surface area contributed by atoms with E-state index in [0.717, 1.165) is 116 Å². The maximum absolute atomic E-state index is 12.8. The highest BCUT2D eigenvalue weighted by Gasteiger charge is 2.19. The Balaban J connectivity index is 4.07. The zero-order valence-corrected chi connectivity index (χ0v) is 47.2. The van der Waals surface area contributed by atoms with Crippen molar-refractivity contribution in [2.75, 3.05) is 13.2 Å². The second-order valence-corrected chi connectivity index (χ2v) is 19.9. The molecule has 0 aromatic heterocycles. The lowest BCUT2D eigenvalue weighted by Gasteiger charge is -2.18. The van der Waals surface area contributed by atoms with Gasteiger partial charge in [0.1, 0.15) is 13.2 Å². The highest BCUT2D eigenvalue weighted by Crippen LogP contribution is 2.15. The van der Waals surface area contributed by atoms with Crippen LogP contribution in [-0.4, -0.2) is 37.2 Å². The van der Waals surface area contributed by atoms with Gasteiger partial charge in [-0.25, -0.2) is 0 Å². The molecule has 72 heavy (non-hydrogen) atoms. The van der Waals surface area contributed by atoms with Gasteiger partial charge in [0.2, 0.25) is 0 Å². The van der Waals surface area contributed by atoms with Gasteiger partial charge in [0, 0.05) is 19.3 Å². The van der Waals surface area contributed by atoms with Gasteiger partial charge in [0.15, 0.2) is 6.10 Å². The van der Waals surface area contributed by atoms with Gasteiger partial charge in [-0.1, -0.05) is 259 Å². The Bertz CT molecular complexity index is 1430. The molecule has 0 aliphatic heterocycles. The van der Waals surface area contributed by atoms with Gasteiger partial charge >= 0.3 is 17.9 Å². The van der Waals surface area contributed by atoms with Gasteiger partial charge in [-0.3, -0.25) is 14.4 Å². The highest BCUT2D eigenvalue weighted by molar-refractivity contribution is 5.71. The maximum Gasteiger partial charge on any atom is 0.306 e. The van der Waals surface area contributed by atoms with Crippen LogP contribution in [0.25, 0.3) is 0 Å². The molecular formula is C66H112O6. The zero-order valence-electron chi connectivity index (χ0n) is 47.2. The van der Waals surface area contributed by atoms with Crippen LogP contribution in [0.4, 0.5) is 0 Å². The SMILES string of the molecule is CC/C=C\C/C=C\C/C=C\C/C=C\C/C=C\C/C=C\C/C=C\CCCCCCCCCCCC(=O)OCC(COC(=O)CCCCCCC)OC(=O)CCCCCCCCC/C=C\CCCCCCCCC. The molecule has 0 saturated heterocycles. The predicted molar refractivity (Wildman–Crippen MR) is 311 cm³/mol. The molecular weight excluding hydrogens is 889 g/mol. The summed E-state index contributed by atoms with van der Waals surface area (Å²) in [5, 5.41) is 0. The zero-order chi connectivity index (χ0) is 52.2. The van der Waals surface area contributed by atoms with Crippen LogP contribution < -0.4 is 0 Å². The number of unbranched alkanes of at least 4 members (excludes halogenated alkanes) is 27. The third-order valence-electron chi connectivity index (χ3n) is 12.8. The standard InChI is InChI=1S/C66H112O6/c1-4-7-10-13-15-17-19-21-23-25-27-28-29-30-31-32-33-34-35-36-37-38-39-41-42-44-46-48-50-53-56-59-65(68)71-62-63(61-70-64(67)58-55-52-12-9-6-3)72-66(69)60-57-54-51-49-47-45-43-40-26-24-22-20-18-16-14-11-8-5-2/h7,10,15,17,21,23-24,26-28,30-31,33-34,36-37,63H,4-6,8-9,11-14,16,18-20,22,25,29,32,35,38-62H2,1-3H3/b10-7-,17-15-,23-21-,26-24-,28-27-,31-30-,34-33-,37-36-. The highest BCUT2D eigenvalue weighted by atomic mass is 16.6. The number of carbonyl (C=O) groups excluding carboxylic acids is 3. The summed E-state index contributed by atoms with van der Waals surface area (Å²) in [7, 11) is 0. The number of rotatable bonds is 54. The Morgan fingerprint density at radius 3 is 0.861 bits per heavy atom. The number of esters is 3. The number of hydrogen-bond donors (Lipinski definition) is 0. The summed E-state index contributed by atoms with van der Waals surface area (Å²) in [6.45, 7) is 6.44.